The van der Waals surface area contributed by atoms with Crippen molar-refractivity contribution in [1.29, 1.82) is 0 Å². The first kappa shape index (κ1) is 15.3. The second-order valence-electron chi connectivity index (χ2n) is 5.66. The van der Waals surface area contributed by atoms with Gasteiger partial charge in [-0.25, -0.2) is 9.89 Å². The molecule has 2 heterocycles. The molecule has 8 nitrogen and oxygen atoms in total. The van der Waals surface area contributed by atoms with E-state index in [4.69, 9.17) is 4.74 Å². The largest absolute Gasteiger partial charge is 0.372 e. The van der Waals surface area contributed by atoms with Crippen LogP contribution in [0, 0.1) is 0 Å². The van der Waals surface area contributed by atoms with Crippen LogP contribution in [-0.2, 0) is 4.74 Å². The quantitative estimate of drug-likeness (QED) is 0.782. The van der Waals surface area contributed by atoms with Gasteiger partial charge in [-0.3, -0.25) is 9.78 Å². The topological polar surface area (TPSA) is 103 Å². The Kier molecular flexibility index (Phi) is 4.16. The van der Waals surface area contributed by atoms with Crippen LogP contribution in [0.2, 0.25) is 0 Å². The van der Waals surface area contributed by atoms with Crippen molar-refractivity contribution in [3.05, 3.63) is 40.6 Å². The summed E-state index contributed by atoms with van der Waals surface area (Å²) in [5.41, 5.74) is 1.07. The number of carbonyl (C=O) groups excluding carboxylic acids is 1. The number of hydrogen-bond acceptors (Lipinski definition) is 5. The van der Waals surface area contributed by atoms with Gasteiger partial charge in [-0.1, -0.05) is 12.1 Å². The number of ether oxygens (including phenoxy) is 1. The average molecular weight is 317 g/mol. The molecule has 8 heteroatoms. The SMILES string of the molecule is C[C@@H]1CN(c2ccccc2NC(=O)c2n[nH]c(=O)[nH]2)C[C@@H](C)O1. The molecule has 1 aromatic heterocycles. The van der Waals surface area contributed by atoms with E-state index in [0.29, 0.717) is 5.69 Å². The number of aromatic nitrogens is 3. The fourth-order valence-electron chi connectivity index (χ4n) is 2.79. The van der Waals surface area contributed by atoms with Crippen molar-refractivity contribution in [3.63, 3.8) is 0 Å². The molecule has 1 fully saturated rings. The normalized spacial score (nSPS) is 21.2. The zero-order valence-electron chi connectivity index (χ0n) is 13.0. The highest BCUT2D eigenvalue weighted by molar-refractivity contribution is 6.03. The Labute approximate surface area is 132 Å². The molecule has 1 saturated heterocycles. The second kappa shape index (κ2) is 6.25. The molecule has 23 heavy (non-hydrogen) atoms. The maximum Gasteiger partial charge on any atom is 0.341 e. The third-order valence-electron chi connectivity index (χ3n) is 3.63. The number of H-pyrrole nitrogens is 2. The van der Waals surface area contributed by atoms with Crippen molar-refractivity contribution in [3.8, 4) is 0 Å². The van der Waals surface area contributed by atoms with Crippen LogP contribution in [0.4, 0.5) is 11.4 Å². The summed E-state index contributed by atoms with van der Waals surface area (Å²) in [6.07, 6.45) is 0.232. The first-order valence-electron chi connectivity index (χ1n) is 7.48. The van der Waals surface area contributed by atoms with Crippen molar-refractivity contribution in [2.24, 2.45) is 0 Å². The molecule has 122 valence electrons. The monoisotopic (exact) mass is 317 g/mol. The number of anilines is 2. The Balaban J connectivity index is 1.83. The lowest BCUT2D eigenvalue weighted by molar-refractivity contribution is -0.00517. The third kappa shape index (κ3) is 3.42. The van der Waals surface area contributed by atoms with Crippen LogP contribution >= 0.6 is 0 Å². The molecular formula is C15H19N5O3. The summed E-state index contributed by atoms with van der Waals surface area (Å²) in [6.45, 7) is 5.55. The number of benzene rings is 1. The number of carbonyl (C=O) groups is 1. The highest BCUT2D eigenvalue weighted by atomic mass is 16.5. The first-order chi connectivity index (χ1) is 11.0. The van der Waals surface area contributed by atoms with Gasteiger partial charge in [0.2, 0.25) is 5.82 Å². The molecule has 0 unspecified atom stereocenters. The lowest BCUT2D eigenvalue weighted by Crippen LogP contribution is -2.45. The number of nitrogens with one attached hydrogen (secondary N) is 3. The second-order valence-corrected chi connectivity index (χ2v) is 5.66. The predicted molar refractivity (Wildman–Crippen MR) is 85.8 cm³/mol. The molecule has 3 rings (SSSR count). The summed E-state index contributed by atoms with van der Waals surface area (Å²) in [4.78, 5) is 27.8. The van der Waals surface area contributed by atoms with E-state index in [0.717, 1.165) is 18.8 Å². The summed E-state index contributed by atoms with van der Waals surface area (Å²) in [5, 5.41) is 8.61. The van der Waals surface area contributed by atoms with E-state index >= 15 is 0 Å². The molecule has 1 amide bonds. The molecule has 1 aliphatic heterocycles. The number of nitrogens with zero attached hydrogens (tertiary/aromatic N) is 2. The van der Waals surface area contributed by atoms with E-state index in [9.17, 15) is 9.59 Å². The fourth-order valence-corrected chi connectivity index (χ4v) is 2.79. The zero-order chi connectivity index (χ0) is 16.4. The summed E-state index contributed by atoms with van der Waals surface area (Å²) >= 11 is 0. The number of hydrogen-bond donors (Lipinski definition) is 3. The Hall–Kier alpha value is -2.61. The van der Waals surface area contributed by atoms with Crippen LogP contribution in [0.25, 0.3) is 0 Å². The van der Waals surface area contributed by atoms with Crippen LogP contribution in [0.3, 0.4) is 0 Å². The minimum absolute atomic E-state index is 0.0477. The van der Waals surface area contributed by atoms with Crippen LogP contribution < -0.4 is 15.9 Å². The molecule has 0 bridgehead atoms. The van der Waals surface area contributed by atoms with E-state index in [1.807, 2.05) is 38.1 Å². The Morgan fingerprint density at radius 3 is 2.65 bits per heavy atom. The van der Waals surface area contributed by atoms with E-state index in [1.165, 1.54) is 0 Å². The summed E-state index contributed by atoms with van der Waals surface area (Å²) in [7, 11) is 0. The minimum atomic E-state index is -0.515. The van der Waals surface area contributed by atoms with Gasteiger partial charge >= 0.3 is 5.69 Å². The van der Waals surface area contributed by atoms with Crippen LogP contribution in [-0.4, -0.2) is 46.4 Å². The fraction of sp³-hybridized carbons (Fsp3) is 0.400. The number of morpholine rings is 1. The number of para-hydroxylation sites is 2. The van der Waals surface area contributed by atoms with Gasteiger partial charge < -0.3 is 15.0 Å². The number of aromatic amines is 2. The van der Waals surface area contributed by atoms with Crippen LogP contribution in [0.5, 0.6) is 0 Å². The Bertz CT molecular complexity index is 743. The van der Waals surface area contributed by atoms with Gasteiger partial charge in [-0.2, -0.15) is 0 Å². The van der Waals surface area contributed by atoms with E-state index in [2.05, 4.69) is 25.4 Å². The maximum absolute atomic E-state index is 12.2. The average Bonchev–Trinajstić information content (AvgIpc) is 2.93. The highest BCUT2D eigenvalue weighted by Gasteiger charge is 2.24. The Morgan fingerprint density at radius 2 is 2.00 bits per heavy atom. The molecule has 3 N–H and O–H groups in total. The van der Waals surface area contributed by atoms with E-state index in [1.54, 1.807) is 0 Å². The van der Waals surface area contributed by atoms with Gasteiger partial charge in [0.25, 0.3) is 5.91 Å². The molecule has 0 spiro atoms. The number of amides is 1. The van der Waals surface area contributed by atoms with E-state index in [-0.39, 0.29) is 18.0 Å². The third-order valence-corrected chi connectivity index (χ3v) is 3.63. The van der Waals surface area contributed by atoms with Gasteiger partial charge in [0.05, 0.1) is 23.6 Å². The maximum atomic E-state index is 12.2. The Morgan fingerprint density at radius 1 is 1.30 bits per heavy atom. The van der Waals surface area contributed by atoms with Gasteiger partial charge in [0.15, 0.2) is 0 Å². The van der Waals surface area contributed by atoms with Crippen LogP contribution in [0.1, 0.15) is 24.5 Å². The number of rotatable bonds is 3. The molecule has 0 aliphatic carbocycles. The van der Waals surface area contributed by atoms with Crippen molar-refractivity contribution in [2.45, 2.75) is 26.1 Å². The minimum Gasteiger partial charge on any atom is -0.372 e. The van der Waals surface area contributed by atoms with Gasteiger partial charge in [-0.05, 0) is 26.0 Å². The lowest BCUT2D eigenvalue weighted by atomic mass is 10.1. The van der Waals surface area contributed by atoms with Crippen molar-refractivity contribution in [1.82, 2.24) is 15.2 Å². The predicted octanol–water partition coefficient (Wildman–Crippen LogP) is 0.964. The molecule has 2 aromatic rings. The summed E-state index contributed by atoms with van der Waals surface area (Å²) < 4.78 is 5.75. The standard InChI is InChI=1S/C15H19N5O3/c1-9-7-20(8-10(2)23-9)12-6-4-3-5-11(12)16-14(21)13-17-15(22)19-18-13/h3-6,9-10H,7-8H2,1-2H3,(H,16,21)(H2,17,18,19,22)/t9-,10-/m1/s1. The molecule has 1 aromatic carbocycles. The van der Waals surface area contributed by atoms with Gasteiger partial charge in [-0.15, -0.1) is 5.10 Å². The molecule has 0 radical (unpaired) electrons. The van der Waals surface area contributed by atoms with Crippen LogP contribution in [0.15, 0.2) is 29.1 Å². The van der Waals surface area contributed by atoms with Gasteiger partial charge in [0.1, 0.15) is 0 Å². The highest BCUT2D eigenvalue weighted by Crippen LogP contribution is 2.28. The smallest absolute Gasteiger partial charge is 0.341 e. The lowest BCUT2D eigenvalue weighted by Gasteiger charge is -2.37. The molecule has 2 atom stereocenters. The molecule has 0 saturated carbocycles. The van der Waals surface area contributed by atoms with E-state index < -0.39 is 11.6 Å². The summed E-state index contributed by atoms with van der Waals surface area (Å²) in [5.74, 6) is -0.515. The first-order valence-corrected chi connectivity index (χ1v) is 7.48. The summed E-state index contributed by atoms with van der Waals surface area (Å²) in [6, 6.07) is 7.54. The van der Waals surface area contributed by atoms with Gasteiger partial charge in [0, 0.05) is 13.1 Å². The van der Waals surface area contributed by atoms with Crippen molar-refractivity contribution < 1.29 is 9.53 Å². The molecular weight excluding hydrogens is 298 g/mol. The molecule has 1 aliphatic rings. The van der Waals surface area contributed by atoms with Crippen molar-refractivity contribution in [2.75, 3.05) is 23.3 Å². The van der Waals surface area contributed by atoms with Crippen molar-refractivity contribution >= 4 is 17.3 Å². The zero-order valence-corrected chi connectivity index (χ0v) is 13.0.